The predicted octanol–water partition coefficient (Wildman–Crippen LogP) is 3.83. The van der Waals surface area contributed by atoms with Gasteiger partial charge in [-0.15, -0.1) is 0 Å². The molecular formula is C23H21FN2O5S. The highest BCUT2D eigenvalue weighted by Crippen LogP contribution is 2.22. The summed E-state index contributed by atoms with van der Waals surface area (Å²) in [6.45, 7) is 0.0250. The van der Waals surface area contributed by atoms with Crippen molar-refractivity contribution in [1.29, 1.82) is 0 Å². The van der Waals surface area contributed by atoms with Crippen LogP contribution in [0.1, 0.15) is 26.3 Å². The van der Waals surface area contributed by atoms with Gasteiger partial charge in [-0.1, -0.05) is 12.1 Å². The quantitative estimate of drug-likeness (QED) is 0.546. The fraction of sp³-hybridized carbons (Fsp3) is 0.130. The van der Waals surface area contributed by atoms with Crippen LogP contribution in [0.2, 0.25) is 0 Å². The molecule has 0 heterocycles. The summed E-state index contributed by atoms with van der Waals surface area (Å²) in [6.07, 6.45) is 1.08. The Morgan fingerprint density at radius 3 is 2.00 bits per heavy atom. The van der Waals surface area contributed by atoms with Gasteiger partial charge in [0.1, 0.15) is 5.82 Å². The second-order valence-electron chi connectivity index (χ2n) is 6.97. The van der Waals surface area contributed by atoms with E-state index in [0.717, 1.165) is 6.26 Å². The smallest absolute Gasteiger partial charge is 0.337 e. The van der Waals surface area contributed by atoms with Crippen molar-refractivity contribution in [3.05, 3.63) is 95.3 Å². The minimum absolute atomic E-state index is 0.0250. The van der Waals surface area contributed by atoms with Crippen LogP contribution in [0.4, 0.5) is 15.8 Å². The number of hydrogen-bond acceptors (Lipinski definition) is 5. The molecule has 0 fully saturated rings. The topological polar surface area (TPSA) is 92.8 Å². The van der Waals surface area contributed by atoms with E-state index in [1.54, 1.807) is 12.1 Å². The van der Waals surface area contributed by atoms with Gasteiger partial charge in [0.2, 0.25) is 10.0 Å². The summed E-state index contributed by atoms with van der Waals surface area (Å²) in [7, 11) is -2.34. The average Bonchev–Trinajstić information content (AvgIpc) is 2.78. The Morgan fingerprint density at radius 1 is 0.906 bits per heavy atom. The number of sulfonamides is 1. The van der Waals surface area contributed by atoms with Gasteiger partial charge in [0.05, 0.1) is 31.2 Å². The Morgan fingerprint density at radius 2 is 1.47 bits per heavy atom. The van der Waals surface area contributed by atoms with Crippen molar-refractivity contribution in [3.63, 3.8) is 0 Å². The van der Waals surface area contributed by atoms with E-state index in [1.165, 1.54) is 72.1 Å². The van der Waals surface area contributed by atoms with Crippen molar-refractivity contribution < 1.29 is 27.1 Å². The fourth-order valence-corrected chi connectivity index (χ4v) is 3.83. The normalized spacial score (nSPS) is 11.0. The molecule has 0 atom stereocenters. The number of ether oxygens (including phenoxy) is 1. The highest BCUT2D eigenvalue weighted by Gasteiger charge is 2.18. The summed E-state index contributed by atoms with van der Waals surface area (Å²) in [4.78, 5) is 24.0. The lowest BCUT2D eigenvalue weighted by atomic mass is 10.1. The van der Waals surface area contributed by atoms with Crippen LogP contribution in [0.25, 0.3) is 0 Å². The SMILES string of the molecule is COC(=O)c1ccc(NC(=O)c2ccc(N(Cc3ccc(F)cc3)S(C)(=O)=O)cc2)cc1. The van der Waals surface area contributed by atoms with Gasteiger partial charge in [-0.25, -0.2) is 17.6 Å². The molecule has 166 valence electrons. The second kappa shape index (κ2) is 9.61. The van der Waals surface area contributed by atoms with Gasteiger partial charge in [0.25, 0.3) is 5.91 Å². The number of carbonyl (C=O) groups is 2. The van der Waals surface area contributed by atoms with E-state index in [4.69, 9.17) is 0 Å². The molecule has 1 N–H and O–H groups in total. The monoisotopic (exact) mass is 456 g/mol. The first kappa shape index (κ1) is 23.0. The third kappa shape index (κ3) is 5.70. The van der Waals surface area contributed by atoms with Crippen molar-refractivity contribution >= 4 is 33.3 Å². The number of nitrogens with one attached hydrogen (secondary N) is 1. The molecule has 0 unspecified atom stereocenters. The Kier molecular flexibility index (Phi) is 6.89. The maximum atomic E-state index is 13.1. The largest absolute Gasteiger partial charge is 0.465 e. The molecule has 0 saturated carbocycles. The summed E-state index contributed by atoms with van der Waals surface area (Å²) in [6, 6.07) is 17.9. The van der Waals surface area contributed by atoms with Crippen LogP contribution in [0.15, 0.2) is 72.8 Å². The van der Waals surface area contributed by atoms with Crippen LogP contribution in [-0.2, 0) is 21.3 Å². The number of amides is 1. The number of anilines is 2. The predicted molar refractivity (Wildman–Crippen MR) is 120 cm³/mol. The van der Waals surface area contributed by atoms with E-state index in [9.17, 15) is 22.4 Å². The van der Waals surface area contributed by atoms with Crippen molar-refractivity contribution in [1.82, 2.24) is 0 Å². The number of hydrogen-bond donors (Lipinski definition) is 1. The Labute approximate surface area is 185 Å². The lowest BCUT2D eigenvalue weighted by Gasteiger charge is -2.22. The molecule has 0 aliphatic rings. The minimum atomic E-state index is -3.62. The highest BCUT2D eigenvalue weighted by molar-refractivity contribution is 7.92. The number of methoxy groups -OCH3 is 1. The van der Waals surface area contributed by atoms with E-state index in [1.807, 2.05) is 0 Å². The molecule has 0 saturated heterocycles. The first-order valence-corrected chi connectivity index (χ1v) is 11.3. The molecule has 3 aromatic carbocycles. The zero-order valence-electron chi connectivity index (χ0n) is 17.4. The number of carbonyl (C=O) groups excluding carboxylic acids is 2. The third-order valence-electron chi connectivity index (χ3n) is 4.62. The molecule has 0 spiro atoms. The third-order valence-corrected chi connectivity index (χ3v) is 5.76. The highest BCUT2D eigenvalue weighted by atomic mass is 32.2. The van der Waals surface area contributed by atoms with Crippen LogP contribution < -0.4 is 9.62 Å². The van der Waals surface area contributed by atoms with Gasteiger partial charge in [-0.2, -0.15) is 0 Å². The second-order valence-corrected chi connectivity index (χ2v) is 8.87. The summed E-state index contributed by atoms with van der Waals surface area (Å²) in [5.74, 6) is -1.28. The zero-order chi connectivity index (χ0) is 23.3. The number of rotatable bonds is 7. The fourth-order valence-electron chi connectivity index (χ4n) is 2.95. The maximum absolute atomic E-state index is 13.1. The molecule has 0 aromatic heterocycles. The summed E-state index contributed by atoms with van der Waals surface area (Å²) in [5.41, 5.74) is 2.16. The van der Waals surface area contributed by atoms with Crippen LogP contribution >= 0.6 is 0 Å². The van der Waals surface area contributed by atoms with E-state index in [-0.39, 0.29) is 6.54 Å². The van der Waals surface area contributed by atoms with Gasteiger partial charge in [0.15, 0.2) is 0 Å². The molecule has 3 rings (SSSR count). The molecule has 0 bridgehead atoms. The molecule has 7 nitrogen and oxygen atoms in total. The number of halogens is 1. The number of benzene rings is 3. The average molecular weight is 456 g/mol. The van der Waals surface area contributed by atoms with Crippen molar-refractivity contribution in [2.75, 3.05) is 23.0 Å². The van der Waals surface area contributed by atoms with Crippen molar-refractivity contribution in [2.45, 2.75) is 6.54 Å². The van der Waals surface area contributed by atoms with Gasteiger partial charge in [0, 0.05) is 11.3 Å². The zero-order valence-corrected chi connectivity index (χ0v) is 18.2. The molecule has 9 heteroatoms. The van der Waals surface area contributed by atoms with Gasteiger partial charge in [-0.3, -0.25) is 9.10 Å². The van der Waals surface area contributed by atoms with Crippen LogP contribution in [0, 0.1) is 5.82 Å². The Bertz CT molecular complexity index is 1210. The van der Waals surface area contributed by atoms with E-state index in [2.05, 4.69) is 10.1 Å². The summed E-state index contributed by atoms with van der Waals surface area (Å²) < 4.78 is 43.5. The minimum Gasteiger partial charge on any atom is -0.465 e. The molecule has 1 amide bonds. The Hall–Kier alpha value is -3.72. The van der Waals surface area contributed by atoms with E-state index >= 15 is 0 Å². The molecule has 0 aliphatic carbocycles. The lowest BCUT2D eigenvalue weighted by molar-refractivity contribution is 0.0600. The molecule has 0 radical (unpaired) electrons. The Balaban J connectivity index is 1.74. The van der Waals surface area contributed by atoms with Gasteiger partial charge in [-0.05, 0) is 66.2 Å². The molecular weight excluding hydrogens is 435 g/mol. The van der Waals surface area contributed by atoms with Crippen LogP contribution in [-0.4, -0.2) is 33.7 Å². The standard InChI is InChI=1S/C23H21FN2O5S/c1-31-23(28)18-5-11-20(12-6-18)25-22(27)17-7-13-21(14-8-17)26(32(2,29)30)15-16-3-9-19(24)10-4-16/h3-14H,15H2,1-2H3,(H,25,27). The molecule has 3 aromatic rings. The molecule has 0 aliphatic heterocycles. The van der Waals surface area contributed by atoms with E-state index < -0.39 is 27.7 Å². The van der Waals surface area contributed by atoms with Crippen LogP contribution in [0.3, 0.4) is 0 Å². The van der Waals surface area contributed by atoms with Crippen LogP contribution in [0.5, 0.6) is 0 Å². The maximum Gasteiger partial charge on any atom is 0.337 e. The summed E-state index contributed by atoms with van der Waals surface area (Å²) in [5, 5.41) is 2.71. The number of nitrogens with zero attached hydrogens (tertiary/aromatic N) is 1. The van der Waals surface area contributed by atoms with Gasteiger partial charge < -0.3 is 10.1 Å². The lowest BCUT2D eigenvalue weighted by Crippen LogP contribution is -2.29. The van der Waals surface area contributed by atoms with Crippen molar-refractivity contribution in [3.8, 4) is 0 Å². The number of esters is 1. The first-order valence-electron chi connectivity index (χ1n) is 9.49. The molecule has 32 heavy (non-hydrogen) atoms. The first-order chi connectivity index (χ1) is 15.2. The van der Waals surface area contributed by atoms with E-state index in [0.29, 0.717) is 28.1 Å². The summed E-state index contributed by atoms with van der Waals surface area (Å²) >= 11 is 0. The van der Waals surface area contributed by atoms with Crippen molar-refractivity contribution in [2.24, 2.45) is 0 Å². The van der Waals surface area contributed by atoms with Gasteiger partial charge >= 0.3 is 5.97 Å².